The second kappa shape index (κ2) is 6.95. The number of nitrogens with zero attached hydrogens (tertiary/aromatic N) is 3. The molecule has 7 heteroatoms. The van der Waals surface area contributed by atoms with Crippen LogP contribution in [-0.4, -0.2) is 38.8 Å². The highest BCUT2D eigenvalue weighted by Crippen LogP contribution is 2.33. The molecule has 0 radical (unpaired) electrons. The van der Waals surface area contributed by atoms with E-state index in [0.717, 1.165) is 0 Å². The summed E-state index contributed by atoms with van der Waals surface area (Å²) in [5.74, 6) is -0.907. The minimum absolute atomic E-state index is 0.285. The van der Waals surface area contributed by atoms with E-state index in [2.05, 4.69) is 21.4 Å². The summed E-state index contributed by atoms with van der Waals surface area (Å²) in [5, 5.41) is 31.7. The Morgan fingerprint density at radius 3 is 2.72 bits per heavy atom. The Balaban J connectivity index is 2.24. The second-order valence-electron chi connectivity index (χ2n) is 5.29. The summed E-state index contributed by atoms with van der Waals surface area (Å²) in [5.41, 5.74) is 1.76. The van der Waals surface area contributed by atoms with Crippen molar-refractivity contribution >= 4 is 22.6 Å². The van der Waals surface area contributed by atoms with Crippen LogP contribution in [-0.2, 0) is 4.79 Å². The van der Waals surface area contributed by atoms with Gasteiger partial charge in [0.05, 0.1) is 23.9 Å². The van der Waals surface area contributed by atoms with Gasteiger partial charge in [-0.3, -0.25) is 4.98 Å². The number of aliphatic hydroxyl groups is 1. The van der Waals surface area contributed by atoms with Crippen LogP contribution in [0.3, 0.4) is 0 Å². The van der Waals surface area contributed by atoms with Crippen molar-refractivity contribution in [2.24, 2.45) is 0 Å². The zero-order valence-corrected chi connectivity index (χ0v) is 13.0. The molecule has 0 aliphatic heterocycles. The smallest absolute Gasteiger partial charge is 0.328 e. The molecule has 3 N–H and O–H groups in total. The monoisotopic (exact) mass is 334 g/mol. The molecule has 124 valence electrons. The third-order valence-electron chi connectivity index (χ3n) is 3.76. The van der Waals surface area contributed by atoms with Crippen LogP contribution in [0.5, 0.6) is 0 Å². The van der Waals surface area contributed by atoms with E-state index in [-0.39, 0.29) is 5.82 Å². The zero-order chi connectivity index (χ0) is 17.8. The van der Waals surface area contributed by atoms with Gasteiger partial charge in [0.2, 0.25) is 0 Å². The predicted molar refractivity (Wildman–Crippen MR) is 91.8 cm³/mol. The normalized spacial score (nSPS) is 11.7. The van der Waals surface area contributed by atoms with Gasteiger partial charge in [0, 0.05) is 28.7 Å². The molecule has 2 heterocycles. The van der Waals surface area contributed by atoms with Gasteiger partial charge in [-0.25, -0.2) is 9.78 Å². The Morgan fingerprint density at radius 2 is 2.08 bits per heavy atom. The first-order valence-corrected chi connectivity index (χ1v) is 7.49. The number of benzene rings is 1. The fraction of sp³-hybridized carbons (Fsp3) is 0.111. The number of rotatable bonds is 5. The lowest BCUT2D eigenvalue weighted by Crippen LogP contribution is -2.33. The number of aliphatic carboxylic acids is 1. The van der Waals surface area contributed by atoms with Crippen molar-refractivity contribution in [3.05, 3.63) is 54.4 Å². The maximum absolute atomic E-state index is 11.2. The number of carbonyl (C=O) groups is 1. The number of aliphatic hydroxyl groups excluding tert-OH is 1. The van der Waals surface area contributed by atoms with Crippen molar-refractivity contribution < 1.29 is 15.0 Å². The standard InChI is InChI=1S/C18H14N4O3/c19-8-11-4-3-5-12-16(11)13(14-6-1-2-7-20-14)9-21-17(12)22-15(10-23)18(24)25/h1-7,9,15,23H,10H2,(H,21,22)(H,24,25). The largest absolute Gasteiger partial charge is 0.480 e. The van der Waals surface area contributed by atoms with Gasteiger partial charge in [-0.05, 0) is 18.2 Å². The minimum Gasteiger partial charge on any atom is -0.480 e. The van der Waals surface area contributed by atoms with Crippen LogP contribution < -0.4 is 5.32 Å². The Morgan fingerprint density at radius 1 is 1.24 bits per heavy atom. The van der Waals surface area contributed by atoms with Gasteiger partial charge in [-0.15, -0.1) is 0 Å². The number of hydrogen-bond donors (Lipinski definition) is 3. The minimum atomic E-state index is -1.19. The molecule has 2 aromatic heterocycles. The number of fused-ring (bicyclic) bond motifs is 1. The quantitative estimate of drug-likeness (QED) is 0.653. The van der Waals surface area contributed by atoms with Crippen LogP contribution in [0.2, 0.25) is 0 Å². The van der Waals surface area contributed by atoms with Crippen molar-refractivity contribution in [1.82, 2.24) is 9.97 Å². The molecular weight excluding hydrogens is 320 g/mol. The van der Waals surface area contributed by atoms with Gasteiger partial charge in [-0.1, -0.05) is 18.2 Å². The lowest BCUT2D eigenvalue weighted by atomic mass is 9.99. The third kappa shape index (κ3) is 3.11. The molecule has 0 amide bonds. The van der Waals surface area contributed by atoms with Crippen LogP contribution >= 0.6 is 0 Å². The fourth-order valence-corrected chi connectivity index (χ4v) is 2.58. The molecular formula is C18H14N4O3. The van der Waals surface area contributed by atoms with Gasteiger partial charge >= 0.3 is 5.97 Å². The Hall–Kier alpha value is -3.50. The summed E-state index contributed by atoms with van der Waals surface area (Å²) < 4.78 is 0. The molecule has 0 saturated carbocycles. The van der Waals surface area contributed by atoms with Crippen LogP contribution in [0.4, 0.5) is 5.82 Å². The molecule has 7 nitrogen and oxygen atoms in total. The molecule has 1 aromatic carbocycles. The van der Waals surface area contributed by atoms with E-state index in [4.69, 9.17) is 5.11 Å². The fourth-order valence-electron chi connectivity index (χ4n) is 2.58. The highest BCUT2D eigenvalue weighted by Gasteiger charge is 2.19. The SMILES string of the molecule is N#Cc1cccc2c(NC(CO)C(=O)O)ncc(-c3ccccn3)c12. The van der Waals surface area contributed by atoms with Crippen molar-refractivity contribution in [2.75, 3.05) is 11.9 Å². The molecule has 0 aliphatic carbocycles. The van der Waals surface area contributed by atoms with E-state index in [1.165, 1.54) is 0 Å². The van der Waals surface area contributed by atoms with Crippen molar-refractivity contribution in [2.45, 2.75) is 6.04 Å². The van der Waals surface area contributed by atoms with E-state index >= 15 is 0 Å². The number of nitriles is 1. The molecule has 0 bridgehead atoms. The van der Waals surface area contributed by atoms with E-state index in [1.54, 1.807) is 36.7 Å². The number of pyridine rings is 2. The Kier molecular flexibility index (Phi) is 4.55. The zero-order valence-electron chi connectivity index (χ0n) is 13.0. The predicted octanol–water partition coefficient (Wildman–Crippen LogP) is 2.03. The van der Waals surface area contributed by atoms with E-state index in [1.807, 2.05) is 12.1 Å². The van der Waals surface area contributed by atoms with Crippen LogP contribution in [0, 0.1) is 11.3 Å². The van der Waals surface area contributed by atoms with E-state index in [9.17, 15) is 15.2 Å². The van der Waals surface area contributed by atoms with Crippen molar-refractivity contribution in [1.29, 1.82) is 5.26 Å². The molecule has 0 saturated heterocycles. The van der Waals surface area contributed by atoms with Gasteiger partial charge < -0.3 is 15.5 Å². The van der Waals surface area contributed by atoms with E-state index in [0.29, 0.717) is 27.6 Å². The summed E-state index contributed by atoms with van der Waals surface area (Å²) in [7, 11) is 0. The van der Waals surface area contributed by atoms with Crippen LogP contribution in [0.1, 0.15) is 5.56 Å². The van der Waals surface area contributed by atoms with E-state index < -0.39 is 18.6 Å². The summed E-state index contributed by atoms with van der Waals surface area (Å²) in [6, 6.07) is 11.5. The summed E-state index contributed by atoms with van der Waals surface area (Å²) in [6.07, 6.45) is 3.19. The second-order valence-corrected chi connectivity index (χ2v) is 5.29. The molecule has 1 atom stereocenters. The lowest BCUT2D eigenvalue weighted by Gasteiger charge is -2.16. The first-order valence-electron chi connectivity index (χ1n) is 7.49. The number of carboxylic acid groups (broad SMARTS) is 1. The van der Waals surface area contributed by atoms with Gasteiger partial charge in [0.1, 0.15) is 11.9 Å². The molecule has 0 spiro atoms. The average Bonchev–Trinajstić information content (AvgIpc) is 2.65. The Bertz CT molecular complexity index is 967. The summed E-state index contributed by atoms with van der Waals surface area (Å²) in [4.78, 5) is 19.8. The van der Waals surface area contributed by atoms with Crippen LogP contribution in [0.25, 0.3) is 22.0 Å². The van der Waals surface area contributed by atoms with Crippen molar-refractivity contribution in [3.63, 3.8) is 0 Å². The summed E-state index contributed by atoms with van der Waals surface area (Å²) >= 11 is 0. The van der Waals surface area contributed by atoms with Crippen molar-refractivity contribution in [3.8, 4) is 17.3 Å². The number of nitrogens with one attached hydrogen (secondary N) is 1. The number of hydrogen-bond acceptors (Lipinski definition) is 6. The number of anilines is 1. The summed E-state index contributed by atoms with van der Waals surface area (Å²) in [6.45, 7) is -0.585. The molecule has 3 rings (SSSR count). The first-order chi connectivity index (χ1) is 12.2. The van der Waals surface area contributed by atoms with Crippen LogP contribution in [0.15, 0.2) is 48.8 Å². The topological polar surface area (TPSA) is 119 Å². The molecule has 25 heavy (non-hydrogen) atoms. The first kappa shape index (κ1) is 16.4. The Labute approximate surface area is 143 Å². The maximum atomic E-state index is 11.2. The average molecular weight is 334 g/mol. The molecule has 0 aliphatic rings. The molecule has 1 unspecified atom stereocenters. The van der Waals surface area contributed by atoms with Gasteiger partial charge in [-0.2, -0.15) is 5.26 Å². The third-order valence-corrected chi connectivity index (χ3v) is 3.76. The number of aromatic nitrogens is 2. The van der Waals surface area contributed by atoms with Gasteiger partial charge in [0.15, 0.2) is 0 Å². The highest BCUT2D eigenvalue weighted by atomic mass is 16.4. The maximum Gasteiger partial charge on any atom is 0.328 e. The molecule has 0 fully saturated rings. The number of carboxylic acids is 1. The highest BCUT2D eigenvalue weighted by molar-refractivity contribution is 6.04. The lowest BCUT2D eigenvalue weighted by molar-refractivity contribution is -0.138. The molecule has 3 aromatic rings. The van der Waals surface area contributed by atoms with Gasteiger partial charge in [0.25, 0.3) is 0 Å².